The first-order valence-corrected chi connectivity index (χ1v) is 8.38. The van der Waals surface area contributed by atoms with E-state index in [0.29, 0.717) is 0 Å². The Morgan fingerprint density at radius 2 is 1.71 bits per heavy atom. The van der Waals surface area contributed by atoms with Crippen molar-refractivity contribution in [3.63, 3.8) is 0 Å². The van der Waals surface area contributed by atoms with E-state index in [1.54, 1.807) is 0 Å². The molecule has 1 rings (SSSR count). The first-order chi connectivity index (χ1) is 6.25. The average Bonchev–Trinajstić information content (AvgIpc) is 2.28. The molecular weight excluding hydrogens is 207 g/mol. The van der Waals surface area contributed by atoms with Crippen LogP contribution in [0.5, 0.6) is 0 Å². The number of thiophene rings is 1. The quantitative estimate of drug-likeness (QED) is 0.674. The first-order valence-electron chi connectivity index (χ1n) is 4.70. The first kappa shape index (κ1) is 11.8. The fourth-order valence-electron chi connectivity index (χ4n) is 1.57. The Labute approximate surface area is 91.6 Å². The van der Waals surface area contributed by atoms with Crippen molar-refractivity contribution in [3.8, 4) is 0 Å². The summed E-state index contributed by atoms with van der Waals surface area (Å²) < 4.78 is 1.49. The standard InChI is InChI=1S/C12H19PS/c1-8(2)11-9(3)10(4)12(14-11)13(5,6)7/h1,5H2,2-4,6-7H3. The second kappa shape index (κ2) is 3.72. The fraction of sp³-hybridized carbons (Fsp3) is 0.417. The summed E-state index contributed by atoms with van der Waals surface area (Å²) in [6.45, 7) is 13.9. The molecule has 14 heavy (non-hydrogen) atoms. The molecule has 0 aliphatic carbocycles. The van der Waals surface area contributed by atoms with Crippen molar-refractivity contribution in [3.05, 3.63) is 22.6 Å². The van der Waals surface area contributed by atoms with Crippen LogP contribution < -0.4 is 4.62 Å². The van der Waals surface area contributed by atoms with Gasteiger partial charge in [0.1, 0.15) is 0 Å². The van der Waals surface area contributed by atoms with Crippen LogP contribution in [-0.2, 0) is 0 Å². The molecule has 0 nitrogen and oxygen atoms in total. The molecule has 1 aromatic heterocycles. The molecule has 1 heterocycles. The summed E-state index contributed by atoms with van der Waals surface area (Å²) in [4.78, 5) is 1.36. The van der Waals surface area contributed by atoms with Gasteiger partial charge in [-0.2, -0.15) is 0 Å². The lowest BCUT2D eigenvalue weighted by Crippen LogP contribution is -2.00. The molecule has 0 aliphatic rings. The van der Waals surface area contributed by atoms with Crippen LogP contribution >= 0.6 is 18.2 Å². The van der Waals surface area contributed by atoms with Crippen LogP contribution in [0.1, 0.15) is 22.9 Å². The smallest absolute Gasteiger partial charge is 0.0332 e. The van der Waals surface area contributed by atoms with Gasteiger partial charge in [-0.15, -0.1) is 11.3 Å². The SMILES string of the molecule is C=C(C)c1sc(P(=C)(C)C)c(C)c1C. The highest BCUT2D eigenvalue weighted by Crippen LogP contribution is 2.41. The van der Waals surface area contributed by atoms with E-state index in [-0.39, 0.29) is 0 Å². The van der Waals surface area contributed by atoms with Crippen LogP contribution in [0.2, 0.25) is 0 Å². The molecule has 0 unspecified atom stereocenters. The maximum Gasteiger partial charge on any atom is 0.0332 e. The molecule has 78 valence electrons. The van der Waals surface area contributed by atoms with Gasteiger partial charge in [0.05, 0.1) is 0 Å². The summed E-state index contributed by atoms with van der Waals surface area (Å²) in [5, 5.41) is 0. The predicted molar refractivity (Wildman–Crippen MR) is 74.0 cm³/mol. The van der Waals surface area contributed by atoms with Gasteiger partial charge >= 0.3 is 0 Å². The molecule has 0 radical (unpaired) electrons. The van der Waals surface area contributed by atoms with Crippen molar-refractivity contribution in [1.82, 2.24) is 0 Å². The average molecular weight is 226 g/mol. The second-order valence-electron chi connectivity index (χ2n) is 4.45. The molecule has 0 atom stereocenters. The predicted octanol–water partition coefficient (Wildman–Crippen LogP) is 3.73. The van der Waals surface area contributed by atoms with Gasteiger partial charge in [0.15, 0.2) is 0 Å². The van der Waals surface area contributed by atoms with Gasteiger partial charge in [0.25, 0.3) is 0 Å². The highest BCUT2D eigenvalue weighted by Gasteiger charge is 2.16. The van der Waals surface area contributed by atoms with Gasteiger partial charge in [0.2, 0.25) is 0 Å². The minimum absolute atomic E-state index is 1.12. The Morgan fingerprint density at radius 1 is 1.21 bits per heavy atom. The molecule has 0 aliphatic heterocycles. The number of hydrogen-bond acceptors (Lipinski definition) is 1. The summed E-state index contributed by atoms with van der Waals surface area (Å²) in [5.74, 6) is 0. The van der Waals surface area contributed by atoms with Crippen molar-refractivity contribution in [2.75, 3.05) is 13.3 Å². The highest BCUT2D eigenvalue weighted by molar-refractivity contribution is 7.83. The largest absolute Gasteiger partial charge is 0.135 e. The molecule has 0 aromatic carbocycles. The van der Waals surface area contributed by atoms with Crippen LogP contribution in [0.15, 0.2) is 6.58 Å². The van der Waals surface area contributed by atoms with Crippen molar-refractivity contribution in [2.45, 2.75) is 20.8 Å². The van der Waals surface area contributed by atoms with Gasteiger partial charge in [0, 0.05) is 9.50 Å². The van der Waals surface area contributed by atoms with Crippen molar-refractivity contribution >= 4 is 34.7 Å². The third-order valence-corrected chi connectivity index (χ3v) is 6.91. The van der Waals surface area contributed by atoms with Crippen LogP contribution in [0.25, 0.3) is 5.57 Å². The maximum absolute atomic E-state index is 4.31. The van der Waals surface area contributed by atoms with Gasteiger partial charge in [-0.25, -0.2) is 0 Å². The molecule has 0 N–H and O–H groups in total. The zero-order valence-corrected chi connectivity index (χ0v) is 11.5. The third-order valence-electron chi connectivity index (χ3n) is 2.36. The van der Waals surface area contributed by atoms with Crippen LogP contribution in [0.3, 0.4) is 0 Å². The van der Waals surface area contributed by atoms with E-state index >= 15 is 0 Å². The third kappa shape index (κ3) is 2.04. The zero-order chi connectivity index (χ0) is 11.1. The molecule has 0 bridgehead atoms. The van der Waals surface area contributed by atoms with Gasteiger partial charge in [-0.1, -0.05) is 19.8 Å². The van der Waals surface area contributed by atoms with Crippen molar-refractivity contribution in [1.29, 1.82) is 0 Å². The second-order valence-corrected chi connectivity index (χ2v) is 9.59. The molecule has 1 aromatic rings. The molecule has 2 heteroatoms. The van der Waals surface area contributed by atoms with Crippen LogP contribution in [-0.4, -0.2) is 19.6 Å². The van der Waals surface area contributed by atoms with E-state index in [4.69, 9.17) is 0 Å². The molecule has 0 spiro atoms. The van der Waals surface area contributed by atoms with Crippen molar-refractivity contribution in [2.24, 2.45) is 0 Å². The Morgan fingerprint density at radius 3 is 1.93 bits per heavy atom. The summed E-state index contributed by atoms with van der Waals surface area (Å²) >= 11 is 1.89. The highest BCUT2D eigenvalue weighted by atomic mass is 32.1. The van der Waals surface area contributed by atoms with Crippen molar-refractivity contribution < 1.29 is 0 Å². The summed E-state index contributed by atoms with van der Waals surface area (Å²) in [7, 11) is 0. The lowest BCUT2D eigenvalue weighted by Gasteiger charge is -2.11. The van der Waals surface area contributed by atoms with E-state index in [2.05, 4.69) is 47.0 Å². The Bertz CT molecular complexity index is 418. The molecule has 0 amide bonds. The maximum atomic E-state index is 4.31. The van der Waals surface area contributed by atoms with Crippen LogP contribution in [0.4, 0.5) is 0 Å². The molecule has 0 saturated heterocycles. The fourth-order valence-corrected chi connectivity index (χ4v) is 4.88. The monoisotopic (exact) mass is 226 g/mol. The molecular formula is C12H19PS. The zero-order valence-electron chi connectivity index (χ0n) is 9.77. The van der Waals surface area contributed by atoms with Crippen LogP contribution in [0, 0.1) is 13.8 Å². The van der Waals surface area contributed by atoms with E-state index < -0.39 is 6.89 Å². The normalized spacial score (nSPS) is 11.8. The molecule has 0 fully saturated rings. The summed E-state index contributed by atoms with van der Waals surface area (Å²) in [6.07, 6.45) is 4.31. The number of allylic oxidation sites excluding steroid dienone is 1. The number of hydrogen-bond donors (Lipinski definition) is 0. The van der Waals surface area contributed by atoms with Gasteiger partial charge in [-0.05, 0) is 50.8 Å². The summed E-state index contributed by atoms with van der Waals surface area (Å²) in [6, 6.07) is 0. The van der Waals surface area contributed by atoms with E-state index in [0.717, 1.165) is 0 Å². The summed E-state index contributed by atoms with van der Waals surface area (Å²) in [5.41, 5.74) is 4.01. The Kier molecular flexibility index (Phi) is 3.13. The Hall–Kier alpha value is -0.260. The topological polar surface area (TPSA) is 0 Å². The Balaban J connectivity index is 3.44. The van der Waals surface area contributed by atoms with Gasteiger partial charge < -0.3 is 0 Å². The van der Waals surface area contributed by atoms with E-state index in [1.807, 2.05) is 11.3 Å². The minimum Gasteiger partial charge on any atom is -0.135 e. The lowest BCUT2D eigenvalue weighted by atomic mass is 10.1. The number of rotatable bonds is 2. The van der Waals surface area contributed by atoms with E-state index in [1.165, 1.54) is 26.2 Å². The molecule has 0 saturated carbocycles. The lowest BCUT2D eigenvalue weighted by molar-refractivity contribution is 1.40. The van der Waals surface area contributed by atoms with Gasteiger partial charge in [-0.3, -0.25) is 0 Å². The minimum atomic E-state index is -1.12. The van der Waals surface area contributed by atoms with E-state index in [9.17, 15) is 0 Å².